The van der Waals surface area contributed by atoms with Gasteiger partial charge in [0.1, 0.15) is 11.8 Å². The van der Waals surface area contributed by atoms with Gasteiger partial charge in [0.05, 0.1) is 13.0 Å². The molecule has 1 unspecified atom stereocenters. The number of nitrogens with zero attached hydrogens (tertiary/aromatic N) is 1. The Morgan fingerprint density at radius 1 is 1.37 bits per heavy atom. The molecule has 1 saturated heterocycles. The molecule has 0 spiro atoms. The highest BCUT2D eigenvalue weighted by Gasteiger charge is 2.36. The van der Waals surface area contributed by atoms with Crippen LogP contribution in [0.15, 0.2) is 24.3 Å². The highest BCUT2D eigenvalue weighted by molar-refractivity contribution is 6.06. The van der Waals surface area contributed by atoms with Crippen LogP contribution in [0.2, 0.25) is 0 Å². The third-order valence-corrected chi connectivity index (χ3v) is 3.02. The summed E-state index contributed by atoms with van der Waals surface area (Å²) in [6.45, 7) is -0.158. The number of ketones is 1. The van der Waals surface area contributed by atoms with Gasteiger partial charge in [-0.3, -0.25) is 9.59 Å². The molecular weight excluding hydrogens is 250 g/mol. The summed E-state index contributed by atoms with van der Waals surface area (Å²) in [6, 6.07) is 5.10. The molecule has 1 aromatic rings. The van der Waals surface area contributed by atoms with E-state index in [0.29, 0.717) is 5.56 Å². The molecule has 100 valence electrons. The minimum absolute atomic E-state index is 0.0328. The van der Waals surface area contributed by atoms with Gasteiger partial charge >= 0.3 is 5.97 Å². The zero-order valence-corrected chi connectivity index (χ0v) is 10.1. The first-order valence-corrected chi connectivity index (χ1v) is 5.79. The normalized spacial score (nSPS) is 16.7. The van der Waals surface area contributed by atoms with Gasteiger partial charge in [0.25, 0.3) is 0 Å². The molecule has 2 N–H and O–H groups in total. The number of aliphatic carboxylic acids is 1. The number of carbonyl (C=O) groups is 3. The average molecular weight is 263 g/mol. The average Bonchev–Trinajstić information content (AvgIpc) is 2.65. The SMILES string of the molecule is O=C1CC(=O)N(C(Cc2cccc(O)c2)C(=O)O)C1. The number of hydrogen-bond donors (Lipinski definition) is 2. The smallest absolute Gasteiger partial charge is 0.326 e. The molecule has 2 rings (SSSR count). The molecule has 0 aliphatic carbocycles. The first-order chi connectivity index (χ1) is 8.97. The number of aromatic hydroxyl groups is 1. The van der Waals surface area contributed by atoms with E-state index >= 15 is 0 Å². The van der Waals surface area contributed by atoms with E-state index in [-0.39, 0.29) is 30.9 Å². The van der Waals surface area contributed by atoms with Crippen molar-refractivity contribution in [2.75, 3.05) is 6.54 Å². The standard InChI is InChI=1S/C13H13NO5/c15-9-3-1-2-8(4-9)5-11(13(18)19)14-7-10(16)6-12(14)17/h1-4,11,15H,5-7H2,(H,18,19). The second-order valence-corrected chi connectivity index (χ2v) is 4.47. The Hall–Kier alpha value is -2.37. The minimum Gasteiger partial charge on any atom is -0.508 e. The van der Waals surface area contributed by atoms with Gasteiger partial charge in [-0.25, -0.2) is 4.79 Å². The Morgan fingerprint density at radius 3 is 2.63 bits per heavy atom. The quantitative estimate of drug-likeness (QED) is 0.756. The molecule has 0 aromatic heterocycles. The minimum atomic E-state index is -1.16. The van der Waals surface area contributed by atoms with E-state index < -0.39 is 17.9 Å². The van der Waals surface area contributed by atoms with Gasteiger partial charge < -0.3 is 15.1 Å². The number of carboxylic acid groups (broad SMARTS) is 1. The maximum atomic E-state index is 11.6. The zero-order chi connectivity index (χ0) is 14.0. The van der Waals surface area contributed by atoms with Crippen molar-refractivity contribution in [1.29, 1.82) is 0 Å². The molecule has 0 bridgehead atoms. The van der Waals surface area contributed by atoms with E-state index in [0.717, 1.165) is 4.90 Å². The Labute approximate surface area is 109 Å². The van der Waals surface area contributed by atoms with E-state index in [4.69, 9.17) is 0 Å². The Morgan fingerprint density at radius 2 is 2.11 bits per heavy atom. The van der Waals surface area contributed by atoms with Crippen LogP contribution in [0, 0.1) is 0 Å². The summed E-state index contributed by atoms with van der Waals surface area (Å²) in [5, 5.41) is 18.5. The van der Waals surface area contributed by atoms with Crippen LogP contribution in [0.4, 0.5) is 0 Å². The molecule has 1 heterocycles. The molecule has 6 nitrogen and oxygen atoms in total. The van der Waals surface area contributed by atoms with E-state index in [9.17, 15) is 24.6 Å². The number of benzene rings is 1. The van der Waals surface area contributed by atoms with E-state index in [2.05, 4.69) is 0 Å². The van der Waals surface area contributed by atoms with Gasteiger partial charge in [-0.05, 0) is 17.7 Å². The Kier molecular flexibility index (Phi) is 3.50. The molecule has 0 radical (unpaired) electrons. The lowest BCUT2D eigenvalue weighted by molar-refractivity contribution is -0.148. The molecule has 1 amide bonds. The summed E-state index contributed by atoms with van der Waals surface area (Å²) in [5.41, 5.74) is 0.597. The number of carbonyl (C=O) groups excluding carboxylic acids is 2. The fraction of sp³-hybridized carbons (Fsp3) is 0.308. The predicted molar refractivity (Wildman–Crippen MR) is 64.6 cm³/mol. The second kappa shape index (κ2) is 5.09. The molecule has 1 fully saturated rings. The largest absolute Gasteiger partial charge is 0.508 e. The lowest BCUT2D eigenvalue weighted by atomic mass is 10.0. The van der Waals surface area contributed by atoms with Crippen LogP contribution >= 0.6 is 0 Å². The summed E-state index contributed by atoms with van der Waals surface area (Å²) in [5.74, 6) is -1.86. The number of likely N-dealkylation sites (tertiary alicyclic amines) is 1. The van der Waals surface area contributed by atoms with Crippen LogP contribution in [0.3, 0.4) is 0 Å². The maximum absolute atomic E-state index is 11.6. The van der Waals surface area contributed by atoms with E-state index in [1.807, 2.05) is 0 Å². The number of phenols is 1. The lowest BCUT2D eigenvalue weighted by Crippen LogP contribution is -2.43. The van der Waals surface area contributed by atoms with Crippen molar-refractivity contribution in [2.24, 2.45) is 0 Å². The van der Waals surface area contributed by atoms with Crippen molar-refractivity contribution in [1.82, 2.24) is 4.90 Å². The second-order valence-electron chi connectivity index (χ2n) is 4.47. The number of carboxylic acids is 1. The first kappa shape index (κ1) is 13.1. The van der Waals surface area contributed by atoms with Crippen molar-refractivity contribution >= 4 is 17.7 Å². The topological polar surface area (TPSA) is 94.9 Å². The summed E-state index contributed by atoms with van der Waals surface area (Å²) < 4.78 is 0. The van der Waals surface area contributed by atoms with Gasteiger partial charge in [0.15, 0.2) is 5.78 Å². The Balaban J connectivity index is 2.19. The van der Waals surface area contributed by atoms with E-state index in [1.54, 1.807) is 12.1 Å². The molecule has 1 atom stereocenters. The summed E-state index contributed by atoms with van der Waals surface area (Å²) in [7, 11) is 0. The van der Waals surface area contributed by atoms with Crippen LogP contribution in [0.1, 0.15) is 12.0 Å². The van der Waals surface area contributed by atoms with E-state index in [1.165, 1.54) is 12.1 Å². The molecular formula is C13H13NO5. The van der Waals surface area contributed by atoms with Gasteiger partial charge in [0, 0.05) is 6.42 Å². The van der Waals surface area contributed by atoms with Crippen LogP contribution in [-0.4, -0.2) is 45.4 Å². The molecule has 0 saturated carbocycles. The Bertz CT molecular complexity index is 540. The molecule has 19 heavy (non-hydrogen) atoms. The van der Waals surface area contributed by atoms with Crippen molar-refractivity contribution < 1.29 is 24.6 Å². The van der Waals surface area contributed by atoms with Gasteiger partial charge in [0.2, 0.25) is 5.91 Å². The number of rotatable bonds is 4. The first-order valence-electron chi connectivity index (χ1n) is 5.79. The molecule has 1 aliphatic rings. The predicted octanol–water partition coefficient (Wildman–Crippen LogP) is 0.189. The number of phenolic OH excluding ortho intramolecular Hbond substituents is 1. The summed E-state index contributed by atoms with van der Waals surface area (Å²) >= 11 is 0. The van der Waals surface area contributed by atoms with Gasteiger partial charge in [-0.2, -0.15) is 0 Å². The van der Waals surface area contributed by atoms with Gasteiger partial charge in [-0.15, -0.1) is 0 Å². The van der Waals surface area contributed by atoms with Crippen molar-refractivity contribution in [3.05, 3.63) is 29.8 Å². The maximum Gasteiger partial charge on any atom is 0.326 e. The summed E-state index contributed by atoms with van der Waals surface area (Å²) in [6.07, 6.45) is -0.174. The molecule has 1 aliphatic heterocycles. The van der Waals surface area contributed by atoms with Crippen molar-refractivity contribution in [3.63, 3.8) is 0 Å². The van der Waals surface area contributed by atoms with Gasteiger partial charge in [-0.1, -0.05) is 12.1 Å². The van der Waals surface area contributed by atoms with Crippen LogP contribution < -0.4 is 0 Å². The third-order valence-electron chi connectivity index (χ3n) is 3.02. The highest BCUT2D eigenvalue weighted by Crippen LogP contribution is 2.18. The lowest BCUT2D eigenvalue weighted by Gasteiger charge is -2.23. The monoisotopic (exact) mass is 263 g/mol. The van der Waals surface area contributed by atoms with Crippen molar-refractivity contribution in [3.8, 4) is 5.75 Å². The number of hydrogen-bond acceptors (Lipinski definition) is 4. The fourth-order valence-electron chi connectivity index (χ4n) is 2.13. The molecule has 1 aromatic carbocycles. The fourth-order valence-corrected chi connectivity index (χ4v) is 2.13. The number of amides is 1. The van der Waals surface area contributed by atoms with Crippen molar-refractivity contribution in [2.45, 2.75) is 18.9 Å². The third kappa shape index (κ3) is 2.90. The summed E-state index contributed by atoms with van der Waals surface area (Å²) in [4.78, 5) is 35.1. The highest BCUT2D eigenvalue weighted by atomic mass is 16.4. The number of Topliss-reactive ketones (excluding diaryl/α,β-unsaturated/α-hetero) is 1. The van der Waals surface area contributed by atoms with Crippen LogP contribution in [-0.2, 0) is 20.8 Å². The van der Waals surface area contributed by atoms with Crippen LogP contribution in [0.5, 0.6) is 5.75 Å². The zero-order valence-electron chi connectivity index (χ0n) is 10.1. The van der Waals surface area contributed by atoms with Crippen LogP contribution in [0.25, 0.3) is 0 Å². The molecule has 6 heteroatoms.